The number of nitrogens with two attached hydrogens (primary N) is 1. The average molecular weight is 276 g/mol. The second-order valence-electron chi connectivity index (χ2n) is 4.82. The quantitative estimate of drug-likeness (QED) is 0.810. The first-order valence-electron chi connectivity index (χ1n) is 6.39. The van der Waals surface area contributed by atoms with Crippen molar-refractivity contribution in [2.24, 2.45) is 0 Å². The first-order chi connectivity index (χ1) is 9.02. The van der Waals surface area contributed by atoms with Crippen LogP contribution in [0, 0.1) is 6.92 Å². The molecule has 0 saturated carbocycles. The SMILES string of the molecule is Cc1ccc(CNc2cc(N)cc(OC(C)C)c2)s1. The first kappa shape index (κ1) is 13.7. The fourth-order valence-electron chi connectivity index (χ4n) is 1.83. The lowest BCUT2D eigenvalue weighted by Crippen LogP contribution is -2.06. The van der Waals surface area contributed by atoms with Gasteiger partial charge in [-0.1, -0.05) is 0 Å². The van der Waals surface area contributed by atoms with Crippen molar-refractivity contribution in [3.8, 4) is 5.75 Å². The minimum absolute atomic E-state index is 0.148. The number of ether oxygens (including phenoxy) is 1. The van der Waals surface area contributed by atoms with Gasteiger partial charge in [-0.05, 0) is 39.0 Å². The molecule has 4 heteroatoms. The fraction of sp³-hybridized carbons (Fsp3) is 0.333. The van der Waals surface area contributed by atoms with Crippen LogP contribution in [0.15, 0.2) is 30.3 Å². The van der Waals surface area contributed by atoms with E-state index in [0.717, 1.165) is 18.0 Å². The molecule has 0 aliphatic heterocycles. The molecule has 2 rings (SSSR count). The van der Waals surface area contributed by atoms with Crippen molar-refractivity contribution in [3.05, 3.63) is 40.1 Å². The van der Waals surface area contributed by atoms with Crippen LogP contribution in [0.25, 0.3) is 0 Å². The van der Waals surface area contributed by atoms with E-state index in [1.165, 1.54) is 9.75 Å². The van der Waals surface area contributed by atoms with E-state index in [-0.39, 0.29) is 6.10 Å². The van der Waals surface area contributed by atoms with Gasteiger partial charge in [-0.25, -0.2) is 0 Å². The standard InChI is InChI=1S/C15H20N2OS/c1-10(2)18-14-7-12(16)6-13(8-14)17-9-15-5-4-11(3)19-15/h4-8,10,17H,9,16H2,1-3H3. The molecule has 0 unspecified atom stereocenters. The molecule has 0 aliphatic carbocycles. The number of hydrogen-bond acceptors (Lipinski definition) is 4. The van der Waals surface area contributed by atoms with Gasteiger partial charge in [0.15, 0.2) is 0 Å². The molecule has 2 aromatic rings. The molecule has 0 spiro atoms. The van der Waals surface area contributed by atoms with Gasteiger partial charge in [0, 0.05) is 39.8 Å². The Morgan fingerprint density at radius 1 is 1.26 bits per heavy atom. The molecular formula is C15H20N2OS. The Balaban J connectivity index is 2.05. The van der Waals surface area contributed by atoms with Crippen LogP contribution in [0.1, 0.15) is 23.6 Å². The second kappa shape index (κ2) is 5.97. The summed E-state index contributed by atoms with van der Waals surface area (Å²) in [6.45, 7) is 6.93. The smallest absolute Gasteiger partial charge is 0.123 e. The van der Waals surface area contributed by atoms with Crippen molar-refractivity contribution >= 4 is 22.7 Å². The van der Waals surface area contributed by atoms with Gasteiger partial charge in [0.25, 0.3) is 0 Å². The van der Waals surface area contributed by atoms with E-state index < -0.39 is 0 Å². The third-order valence-electron chi connectivity index (χ3n) is 2.56. The van der Waals surface area contributed by atoms with Gasteiger partial charge >= 0.3 is 0 Å². The molecule has 0 saturated heterocycles. The van der Waals surface area contributed by atoms with E-state index >= 15 is 0 Å². The number of nitrogen functional groups attached to an aromatic ring is 1. The Morgan fingerprint density at radius 2 is 2.05 bits per heavy atom. The maximum atomic E-state index is 5.89. The highest BCUT2D eigenvalue weighted by atomic mass is 32.1. The largest absolute Gasteiger partial charge is 0.491 e. The molecule has 0 radical (unpaired) electrons. The van der Waals surface area contributed by atoms with Crippen LogP contribution in [0.2, 0.25) is 0 Å². The summed E-state index contributed by atoms with van der Waals surface area (Å²) < 4.78 is 5.67. The maximum Gasteiger partial charge on any atom is 0.123 e. The van der Waals surface area contributed by atoms with Gasteiger partial charge in [-0.3, -0.25) is 0 Å². The predicted molar refractivity (Wildman–Crippen MR) is 83.0 cm³/mol. The van der Waals surface area contributed by atoms with Crippen molar-refractivity contribution in [1.29, 1.82) is 0 Å². The second-order valence-corrected chi connectivity index (χ2v) is 6.20. The predicted octanol–water partition coefficient (Wildman–Crippen LogP) is 4.04. The Hall–Kier alpha value is -1.68. The van der Waals surface area contributed by atoms with Crippen LogP contribution in [0.3, 0.4) is 0 Å². The topological polar surface area (TPSA) is 47.3 Å². The Labute approximate surface area is 118 Å². The summed E-state index contributed by atoms with van der Waals surface area (Å²) >= 11 is 1.80. The highest BCUT2D eigenvalue weighted by molar-refractivity contribution is 7.11. The summed E-state index contributed by atoms with van der Waals surface area (Å²) in [5.74, 6) is 0.805. The van der Waals surface area contributed by atoms with Gasteiger partial charge < -0.3 is 15.8 Å². The van der Waals surface area contributed by atoms with Crippen molar-refractivity contribution in [3.63, 3.8) is 0 Å². The molecule has 0 atom stereocenters. The minimum Gasteiger partial charge on any atom is -0.491 e. The van der Waals surface area contributed by atoms with Crippen LogP contribution in [0.5, 0.6) is 5.75 Å². The molecule has 3 nitrogen and oxygen atoms in total. The molecular weight excluding hydrogens is 256 g/mol. The number of thiophene rings is 1. The van der Waals surface area contributed by atoms with E-state index in [2.05, 4.69) is 24.4 Å². The van der Waals surface area contributed by atoms with Gasteiger partial charge in [-0.15, -0.1) is 11.3 Å². The molecule has 3 N–H and O–H groups in total. The average Bonchev–Trinajstić information content (AvgIpc) is 2.71. The van der Waals surface area contributed by atoms with E-state index in [1.54, 1.807) is 11.3 Å². The summed E-state index contributed by atoms with van der Waals surface area (Å²) in [5.41, 5.74) is 7.59. The number of hydrogen-bond donors (Lipinski definition) is 2. The Kier molecular flexibility index (Phi) is 4.32. The summed E-state index contributed by atoms with van der Waals surface area (Å²) in [6.07, 6.45) is 0.148. The molecule has 0 aliphatic rings. The number of anilines is 2. The fourth-order valence-corrected chi connectivity index (χ4v) is 2.66. The van der Waals surface area contributed by atoms with Crippen molar-refractivity contribution in [1.82, 2.24) is 0 Å². The van der Waals surface area contributed by atoms with Crippen molar-refractivity contribution in [2.75, 3.05) is 11.1 Å². The zero-order valence-corrected chi connectivity index (χ0v) is 12.4. The number of rotatable bonds is 5. The van der Waals surface area contributed by atoms with Crippen LogP contribution >= 0.6 is 11.3 Å². The highest BCUT2D eigenvalue weighted by Crippen LogP contribution is 2.24. The number of nitrogens with one attached hydrogen (secondary N) is 1. The van der Waals surface area contributed by atoms with E-state index in [0.29, 0.717) is 5.69 Å². The van der Waals surface area contributed by atoms with Crippen molar-refractivity contribution in [2.45, 2.75) is 33.4 Å². The monoisotopic (exact) mass is 276 g/mol. The summed E-state index contributed by atoms with van der Waals surface area (Å²) in [5, 5.41) is 3.38. The molecule has 1 heterocycles. The zero-order valence-electron chi connectivity index (χ0n) is 11.6. The van der Waals surface area contributed by atoms with Gasteiger partial charge in [0.2, 0.25) is 0 Å². The number of aryl methyl sites for hydroxylation is 1. The Bertz CT molecular complexity index is 549. The van der Waals surface area contributed by atoms with Crippen LogP contribution in [-0.2, 0) is 6.54 Å². The lowest BCUT2D eigenvalue weighted by molar-refractivity contribution is 0.242. The number of benzene rings is 1. The summed E-state index contributed by atoms with van der Waals surface area (Å²) in [4.78, 5) is 2.64. The maximum absolute atomic E-state index is 5.89. The molecule has 0 fully saturated rings. The third kappa shape index (κ3) is 4.17. The van der Waals surface area contributed by atoms with Gasteiger partial charge in [-0.2, -0.15) is 0 Å². The van der Waals surface area contributed by atoms with Crippen molar-refractivity contribution < 1.29 is 4.74 Å². The molecule has 102 valence electrons. The van der Waals surface area contributed by atoms with E-state index in [4.69, 9.17) is 10.5 Å². The minimum atomic E-state index is 0.148. The first-order valence-corrected chi connectivity index (χ1v) is 7.21. The normalized spacial score (nSPS) is 10.7. The van der Waals surface area contributed by atoms with Crippen LogP contribution in [0.4, 0.5) is 11.4 Å². The summed E-state index contributed by atoms with van der Waals surface area (Å²) in [7, 11) is 0. The van der Waals surface area contributed by atoms with Crippen LogP contribution in [-0.4, -0.2) is 6.10 Å². The molecule has 1 aromatic heterocycles. The lowest BCUT2D eigenvalue weighted by Gasteiger charge is -2.13. The van der Waals surface area contributed by atoms with E-state index in [9.17, 15) is 0 Å². The third-order valence-corrected chi connectivity index (χ3v) is 3.56. The molecule has 0 bridgehead atoms. The lowest BCUT2D eigenvalue weighted by atomic mass is 10.2. The summed E-state index contributed by atoms with van der Waals surface area (Å²) in [6, 6.07) is 10.0. The van der Waals surface area contributed by atoms with E-state index in [1.807, 2.05) is 32.0 Å². The molecule has 1 aromatic carbocycles. The van der Waals surface area contributed by atoms with Gasteiger partial charge in [0.1, 0.15) is 5.75 Å². The zero-order chi connectivity index (χ0) is 13.8. The highest BCUT2D eigenvalue weighted by Gasteiger charge is 2.03. The Morgan fingerprint density at radius 3 is 2.68 bits per heavy atom. The van der Waals surface area contributed by atoms with Crippen LogP contribution < -0.4 is 15.8 Å². The molecule has 19 heavy (non-hydrogen) atoms. The molecule has 0 amide bonds. The van der Waals surface area contributed by atoms with Gasteiger partial charge in [0.05, 0.1) is 6.10 Å².